The molecule has 2 aliphatic rings. The molecule has 2 aromatic carbocycles. The summed E-state index contributed by atoms with van der Waals surface area (Å²) in [5, 5.41) is 0.719. The van der Waals surface area contributed by atoms with Crippen molar-refractivity contribution < 1.29 is 40.3 Å². The molecule has 0 bridgehead atoms. The molecule has 1 unspecified atom stereocenters. The number of carbonyl (C=O) groups excluding carboxylic acids is 3. The van der Waals surface area contributed by atoms with E-state index in [9.17, 15) is 36.0 Å². The Morgan fingerprint density at radius 2 is 1.65 bits per heavy atom. The van der Waals surface area contributed by atoms with E-state index in [1.807, 2.05) is 0 Å². The minimum atomic E-state index is -6.00. The van der Waals surface area contributed by atoms with Crippen molar-refractivity contribution in [3.63, 3.8) is 0 Å². The van der Waals surface area contributed by atoms with Crippen LogP contribution in [-0.2, 0) is 19.2 Å². The van der Waals surface area contributed by atoms with E-state index in [4.69, 9.17) is 0 Å². The molecule has 2 atom stereocenters. The van der Waals surface area contributed by atoms with Gasteiger partial charge in [-0.15, -0.1) is 0 Å². The lowest BCUT2D eigenvalue weighted by atomic mass is 9.94. The zero-order chi connectivity index (χ0) is 25.0. The van der Waals surface area contributed by atoms with Gasteiger partial charge in [0.2, 0.25) is 5.12 Å². The summed E-state index contributed by atoms with van der Waals surface area (Å²) >= 11 is 0.230. The molecule has 8 nitrogen and oxygen atoms in total. The topological polar surface area (TPSA) is 101 Å². The van der Waals surface area contributed by atoms with Crippen molar-refractivity contribution in [2.24, 2.45) is 11.8 Å². The van der Waals surface area contributed by atoms with Crippen LogP contribution in [-0.4, -0.2) is 52.8 Å². The minimum Gasteiger partial charge on any atom is -0.283 e. The molecule has 1 fully saturated rings. The Morgan fingerprint density at radius 1 is 1.09 bits per heavy atom. The molecule has 0 radical (unpaired) electrons. The van der Waals surface area contributed by atoms with Crippen LogP contribution in [0.4, 0.5) is 13.2 Å². The third-order valence-corrected chi connectivity index (χ3v) is 7.82. The van der Waals surface area contributed by atoms with Crippen molar-refractivity contribution in [1.82, 2.24) is 9.37 Å². The van der Waals surface area contributed by atoms with Crippen LogP contribution in [0.15, 0.2) is 36.4 Å². The second kappa shape index (κ2) is 8.63. The number of rotatable bonds is 5. The van der Waals surface area contributed by atoms with Crippen molar-refractivity contribution in [3.05, 3.63) is 47.5 Å². The summed E-state index contributed by atoms with van der Waals surface area (Å²) in [5.74, 6) is -1.94. The zero-order valence-electron chi connectivity index (χ0n) is 17.9. The molecular formula is C21H19F3N2O6S2. The maximum atomic E-state index is 13.1. The second-order valence-corrected chi connectivity index (χ2v) is 10.8. The van der Waals surface area contributed by atoms with Gasteiger partial charge in [-0.05, 0) is 35.8 Å². The van der Waals surface area contributed by atoms with Crippen LogP contribution in [0.25, 0.3) is 10.8 Å². The molecule has 1 saturated heterocycles. The molecule has 34 heavy (non-hydrogen) atoms. The van der Waals surface area contributed by atoms with Gasteiger partial charge in [-0.25, -0.2) is 4.31 Å². The zero-order valence-corrected chi connectivity index (χ0v) is 19.5. The number of alkyl halides is 3. The largest absolute Gasteiger partial charge is 0.524 e. The summed E-state index contributed by atoms with van der Waals surface area (Å²) in [6.45, 7) is 3.31. The van der Waals surface area contributed by atoms with Crippen molar-refractivity contribution in [2.75, 3.05) is 6.54 Å². The Balaban J connectivity index is 1.61. The first-order chi connectivity index (χ1) is 15.8. The van der Waals surface area contributed by atoms with E-state index in [1.54, 1.807) is 38.1 Å². The fraction of sp³-hybridized carbons (Fsp3) is 0.381. The van der Waals surface area contributed by atoms with Gasteiger partial charge >= 0.3 is 15.6 Å². The van der Waals surface area contributed by atoms with Crippen LogP contribution in [0, 0.1) is 11.8 Å². The predicted molar refractivity (Wildman–Crippen MR) is 117 cm³/mol. The fourth-order valence-corrected chi connectivity index (χ4v) is 5.41. The molecule has 0 aromatic heterocycles. The lowest BCUT2D eigenvalue weighted by Crippen LogP contribution is -2.43. The molecule has 0 saturated carbocycles. The Bertz CT molecular complexity index is 1240. The number of hydrogen-bond acceptors (Lipinski definition) is 8. The monoisotopic (exact) mass is 516 g/mol. The average molecular weight is 517 g/mol. The van der Waals surface area contributed by atoms with Crippen molar-refractivity contribution >= 4 is 49.8 Å². The van der Waals surface area contributed by atoms with Crippen LogP contribution < -0.4 is 0 Å². The first kappa shape index (κ1) is 24.6. The van der Waals surface area contributed by atoms with Crippen LogP contribution in [0.2, 0.25) is 0 Å². The molecule has 182 valence electrons. The van der Waals surface area contributed by atoms with Gasteiger partial charge in [-0.1, -0.05) is 38.1 Å². The highest BCUT2D eigenvalue weighted by Crippen LogP contribution is 2.38. The number of hydroxylamine groups is 2. The quantitative estimate of drug-likeness (QED) is 0.337. The highest BCUT2D eigenvalue weighted by molar-refractivity contribution is 8.12. The molecule has 0 N–H and O–H groups in total. The predicted octanol–water partition coefficient (Wildman–Crippen LogP) is 3.74. The van der Waals surface area contributed by atoms with Gasteiger partial charge in [0.15, 0.2) is 0 Å². The third kappa shape index (κ3) is 4.21. The Kier molecular flexibility index (Phi) is 6.25. The van der Waals surface area contributed by atoms with Crippen LogP contribution >= 0.6 is 11.9 Å². The molecule has 2 aromatic rings. The smallest absolute Gasteiger partial charge is 0.283 e. The first-order valence-electron chi connectivity index (χ1n) is 10.2. The number of imide groups is 1. The normalized spacial score (nSPS) is 21.6. The van der Waals surface area contributed by atoms with E-state index in [0.717, 1.165) is 0 Å². The fourth-order valence-electron chi connectivity index (χ4n) is 4.03. The van der Waals surface area contributed by atoms with Gasteiger partial charge in [0.1, 0.15) is 6.04 Å². The number of benzene rings is 2. The molecule has 13 heteroatoms. The Hall–Kier alpha value is -2.48. The molecule has 2 amide bonds. The average Bonchev–Trinajstić information content (AvgIpc) is 3.17. The number of amides is 2. The molecule has 0 aliphatic carbocycles. The molecule has 2 aliphatic heterocycles. The van der Waals surface area contributed by atoms with Gasteiger partial charge in [0.25, 0.3) is 11.8 Å². The van der Waals surface area contributed by atoms with Crippen LogP contribution in [0.3, 0.4) is 0 Å². The van der Waals surface area contributed by atoms with Gasteiger partial charge < -0.3 is 0 Å². The summed E-state index contributed by atoms with van der Waals surface area (Å²) in [4.78, 5) is 39.1. The maximum absolute atomic E-state index is 13.1. The third-order valence-electron chi connectivity index (χ3n) is 5.90. The van der Waals surface area contributed by atoms with Gasteiger partial charge in [-0.3, -0.25) is 14.4 Å². The molecule has 0 spiro atoms. The first-order valence-corrected chi connectivity index (χ1v) is 12.4. The summed E-state index contributed by atoms with van der Waals surface area (Å²) in [5.41, 5.74) is -5.27. The second-order valence-electron chi connectivity index (χ2n) is 8.35. The molecule has 2 heterocycles. The number of halogens is 3. The molecular weight excluding hydrogens is 497 g/mol. The maximum Gasteiger partial charge on any atom is 0.524 e. The minimum absolute atomic E-state index is 0.000727. The summed E-state index contributed by atoms with van der Waals surface area (Å²) < 4.78 is 66.7. The standard InChI is InChI=1S/C21H19F3N2O6S2/c1-11(2)13-9-16(25(10-13)32-34(30,31)21(22,23)24)20(29)33-26-18(27)14-7-3-5-12-6-4-8-15(17(12)14)19(26)28/h3-8,11,13,16H,9-10H2,1-2H3/t13?,16-/m0/s1. The van der Waals surface area contributed by atoms with Gasteiger partial charge in [0.05, 0.1) is 0 Å². The van der Waals surface area contributed by atoms with Crippen LogP contribution in [0.1, 0.15) is 41.0 Å². The Morgan fingerprint density at radius 3 is 2.15 bits per heavy atom. The lowest BCUT2D eigenvalue weighted by molar-refractivity contribution is -0.133. The highest BCUT2D eigenvalue weighted by atomic mass is 32.2. The highest BCUT2D eigenvalue weighted by Gasteiger charge is 2.52. The number of carbonyl (C=O) groups is 3. The number of nitrogens with zero attached hydrogens (tertiary/aromatic N) is 2. The molecule has 4 rings (SSSR count). The SMILES string of the molecule is CC(C)C1C[C@@H](C(=O)SN2C(=O)c3cccc4cccc(c34)C2=O)N(OS(=O)(=O)C(F)(F)F)C1. The van der Waals surface area contributed by atoms with E-state index in [1.165, 1.54) is 12.1 Å². The summed E-state index contributed by atoms with van der Waals surface area (Å²) in [6.07, 6.45) is -0.000727. The van der Waals surface area contributed by atoms with E-state index < -0.39 is 38.6 Å². The number of hydrogen-bond donors (Lipinski definition) is 0. The van der Waals surface area contributed by atoms with Gasteiger partial charge in [-0.2, -0.15) is 30.9 Å². The van der Waals surface area contributed by atoms with E-state index in [-0.39, 0.29) is 47.9 Å². The lowest BCUT2D eigenvalue weighted by Gasteiger charge is -2.27. The summed E-state index contributed by atoms with van der Waals surface area (Å²) in [7, 11) is -6.00. The summed E-state index contributed by atoms with van der Waals surface area (Å²) in [6, 6.07) is 8.32. The van der Waals surface area contributed by atoms with E-state index >= 15 is 0 Å². The van der Waals surface area contributed by atoms with Crippen molar-refractivity contribution in [1.29, 1.82) is 0 Å². The van der Waals surface area contributed by atoms with Gasteiger partial charge in [0, 0.05) is 35.0 Å². The Labute approximate surface area is 197 Å². The van der Waals surface area contributed by atoms with E-state index in [0.29, 0.717) is 20.1 Å². The van der Waals surface area contributed by atoms with Crippen LogP contribution in [0.5, 0.6) is 0 Å². The van der Waals surface area contributed by atoms with Crippen molar-refractivity contribution in [2.45, 2.75) is 31.8 Å². The van der Waals surface area contributed by atoms with E-state index in [2.05, 4.69) is 4.28 Å². The van der Waals surface area contributed by atoms with Crippen molar-refractivity contribution in [3.8, 4) is 0 Å².